The van der Waals surface area contributed by atoms with Crippen LogP contribution in [-0.2, 0) is 19.1 Å². The molecule has 0 aliphatic heterocycles. The van der Waals surface area contributed by atoms with Gasteiger partial charge in [-0.2, -0.15) is 0 Å². The molecule has 0 aromatic heterocycles. The number of hydrogen-bond donors (Lipinski definition) is 0. The molecule has 0 spiro atoms. The largest absolute Gasteiger partial charge is 0.463 e. The lowest BCUT2D eigenvalue weighted by Crippen LogP contribution is -2.14. The average Bonchev–Trinajstić information content (AvgIpc) is 3.00. The van der Waals surface area contributed by atoms with Gasteiger partial charge in [0.15, 0.2) is 0 Å². The van der Waals surface area contributed by atoms with E-state index in [-0.39, 0.29) is 24.1 Å². The van der Waals surface area contributed by atoms with Gasteiger partial charge >= 0.3 is 11.9 Å². The molecule has 4 heteroatoms. The number of unbranched alkanes of at least 4 members (excludes halogenated alkanes) is 25. The fourth-order valence-electron chi connectivity index (χ4n) is 5.74. The van der Waals surface area contributed by atoms with E-state index in [0.29, 0.717) is 12.8 Å². The second-order valence-corrected chi connectivity index (χ2v) is 14.0. The molecule has 1 unspecified atom stereocenters. The lowest BCUT2D eigenvalue weighted by atomic mass is 10.0. The van der Waals surface area contributed by atoms with Crippen molar-refractivity contribution in [3.05, 3.63) is 0 Å². The Labute approximate surface area is 283 Å². The minimum Gasteiger partial charge on any atom is -0.463 e. The smallest absolute Gasteiger partial charge is 0.306 e. The third kappa shape index (κ3) is 42.9. The van der Waals surface area contributed by atoms with Gasteiger partial charge in [0, 0.05) is 12.8 Å². The van der Waals surface area contributed by atoms with E-state index in [0.717, 1.165) is 19.3 Å². The predicted molar refractivity (Wildman–Crippen MR) is 197 cm³/mol. The molecule has 270 valence electrons. The van der Waals surface area contributed by atoms with Crippen molar-refractivity contribution < 1.29 is 19.1 Å². The summed E-state index contributed by atoms with van der Waals surface area (Å²) >= 11 is 0. The Morgan fingerprint density at radius 2 is 0.644 bits per heavy atom. The highest BCUT2D eigenvalue weighted by Gasteiger charge is 2.09. The maximum absolute atomic E-state index is 11.8. The minimum atomic E-state index is -0.0362. The summed E-state index contributed by atoms with van der Waals surface area (Å²) in [5, 5.41) is 0. The summed E-state index contributed by atoms with van der Waals surface area (Å²) in [5.74, 6) is -0.0259. The third-order valence-electron chi connectivity index (χ3n) is 8.63. The SMILES string of the molecule is CCCCCCCCCCCCCC(=O)OC(C)C.CCCCCCCCCCCCCCCC(=O)OC(C)CCCCCC. The highest BCUT2D eigenvalue weighted by molar-refractivity contribution is 5.69. The summed E-state index contributed by atoms with van der Waals surface area (Å²) in [7, 11) is 0. The number of hydrogen-bond acceptors (Lipinski definition) is 4. The van der Waals surface area contributed by atoms with Crippen LogP contribution in [0.15, 0.2) is 0 Å². The minimum absolute atomic E-state index is 0.0102. The van der Waals surface area contributed by atoms with Gasteiger partial charge in [0.2, 0.25) is 0 Å². The number of carbonyl (C=O) groups is 2. The number of esters is 2. The van der Waals surface area contributed by atoms with Crippen molar-refractivity contribution in [2.75, 3.05) is 0 Å². The topological polar surface area (TPSA) is 52.6 Å². The first-order valence-electron chi connectivity index (χ1n) is 20.3. The molecule has 0 saturated carbocycles. The van der Waals surface area contributed by atoms with Crippen molar-refractivity contribution in [1.29, 1.82) is 0 Å². The molecule has 0 bridgehead atoms. The van der Waals surface area contributed by atoms with Crippen molar-refractivity contribution in [2.45, 2.75) is 253 Å². The molecule has 4 nitrogen and oxygen atoms in total. The van der Waals surface area contributed by atoms with Crippen molar-refractivity contribution in [1.82, 2.24) is 0 Å². The molecular weight excluding hydrogens is 556 g/mol. The zero-order valence-corrected chi connectivity index (χ0v) is 31.7. The summed E-state index contributed by atoms with van der Waals surface area (Å²) in [6.45, 7) is 12.6. The Morgan fingerprint density at radius 1 is 0.378 bits per heavy atom. The molecule has 1 atom stereocenters. The standard InChI is InChI=1S/C24H48O2.C17H34O2/c1-4-6-8-10-11-12-13-14-15-16-17-18-20-22-24(25)26-23(3)21-19-9-7-5-2;1-4-5-6-7-8-9-10-11-12-13-14-15-17(18)19-16(2)3/h23H,4-22H2,1-3H3;16H,4-15H2,1-3H3. The van der Waals surface area contributed by atoms with Crippen LogP contribution in [0.4, 0.5) is 0 Å². The number of ether oxygens (including phenoxy) is 2. The van der Waals surface area contributed by atoms with Crippen LogP contribution >= 0.6 is 0 Å². The molecule has 0 aromatic carbocycles. The molecule has 0 heterocycles. The molecular formula is C41H82O4. The van der Waals surface area contributed by atoms with Crippen LogP contribution in [-0.4, -0.2) is 24.1 Å². The van der Waals surface area contributed by atoms with Gasteiger partial charge in [0.05, 0.1) is 12.2 Å². The van der Waals surface area contributed by atoms with Gasteiger partial charge < -0.3 is 9.47 Å². The monoisotopic (exact) mass is 639 g/mol. The Hall–Kier alpha value is -1.06. The van der Waals surface area contributed by atoms with Crippen molar-refractivity contribution in [3.63, 3.8) is 0 Å². The zero-order valence-electron chi connectivity index (χ0n) is 31.7. The summed E-state index contributed by atoms with van der Waals surface area (Å²) in [5.41, 5.74) is 0. The second-order valence-electron chi connectivity index (χ2n) is 14.0. The maximum Gasteiger partial charge on any atom is 0.306 e. The first kappa shape index (κ1) is 46.1. The van der Waals surface area contributed by atoms with Crippen molar-refractivity contribution >= 4 is 11.9 Å². The van der Waals surface area contributed by atoms with Crippen molar-refractivity contribution in [2.24, 2.45) is 0 Å². The molecule has 0 fully saturated rings. The number of carbonyl (C=O) groups excluding carboxylic acids is 2. The Morgan fingerprint density at radius 3 is 0.956 bits per heavy atom. The molecule has 0 amide bonds. The summed E-state index contributed by atoms with van der Waals surface area (Å²) in [4.78, 5) is 23.1. The van der Waals surface area contributed by atoms with Gasteiger partial charge in [0.1, 0.15) is 0 Å². The zero-order chi connectivity index (χ0) is 33.6. The van der Waals surface area contributed by atoms with E-state index in [1.54, 1.807) is 0 Å². The summed E-state index contributed by atoms with van der Waals surface area (Å²) < 4.78 is 10.6. The molecule has 0 aromatic rings. The van der Waals surface area contributed by atoms with Gasteiger partial charge in [-0.05, 0) is 46.5 Å². The highest BCUT2D eigenvalue weighted by atomic mass is 16.5. The van der Waals surface area contributed by atoms with Crippen LogP contribution in [0, 0.1) is 0 Å². The third-order valence-corrected chi connectivity index (χ3v) is 8.63. The molecule has 0 saturated heterocycles. The molecule has 0 aliphatic rings. The van der Waals surface area contributed by atoms with Gasteiger partial charge in [-0.1, -0.05) is 181 Å². The fraction of sp³-hybridized carbons (Fsp3) is 0.951. The van der Waals surface area contributed by atoms with Gasteiger partial charge in [-0.25, -0.2) is 0 Å². The van der Waals surface area contributed by atoms with Gasteiger partial charge in [-0.15, -0.1) is 0 Å². The normalized spacial score (nSPS) is 11.7. The van der Waals surface area contributed by atoms with Crippen LogP contribution in [0.1, 0.15) is 241 Å². The van der Waals surface area contributed by atoms with E-state index in [1.807, 2.05) is 20.8 Å². The highest BCUT2D eigenvalue weighted by Crippen LogP contribution is 2.15. The first-order valence-corrected chi connectivity index (χ1v) is 20.3. The second kappa shape index (κ2) is 39.1. The molecule has 45 heavy (non-hydrogen) atoms. The van der Waals surface area contributed by atoms with Crippen LogP contribution in [0.5, 0.6) is 0 Å². The molecule has 0 N–H and O–H groups in total. The van der Waals surface area contributed by atoms with E-state index >= 15 is 0 Å². The predicted octanol–water partition coefficient (Wildman–Crippen LogP) is 14.0. The lowest BCUT2D eigenvalue weighted by molar-refractivity contribution is -0.149. The van der Waals surface area contributed by atoms with Crippen LogP contribution in [0.25, 0.3) is 0 Å². The molecule has 0 radical (unpaired) electrons. The van der Waals surface area contributed by atoms with Gasteiger partial charge in [0.25, 0.3) is 0 Å². The Kier molecular flexibility index (Phi) is 40.0. The summed E-state index contributed by atoms with van der Waals surface area (Å²) in [6, 6.07) is 0. The molecule has 0 aliphatic carbocycles. The van der Waals surface area contributed by atoms with Crippen LogP contribution in [0.3, 0.4) is 0 Å². The maximum atomic E-state index is 11.8. The lowest BCUT2D eigenvalue weighted by Gasteiger charge is -2.13. The van der Waals surface area contributed by atoms with Gasteiger partial charge in [-0.3, -0.25) is 9.59 Å². The quantitative estimate of drug-likeness (QED) is 0.0530. The van der Waals surface area contributed by atoms with Crippen LogP contribution in [0.2, 0.25) is 0 Å². The van der Waals surface area contributed by atoms with E-state index in [2.05, 4.69) is 20.8 Å². The van der Waals surface area contributed by atoms with E-state index < -0.39 is 0 Å². The van der Waals surface area contributed by atoms with Crippen LogP contribution < -0.4 is 0 Å². The molecule has 0 rings (SSSR count). The van der Waals surface area contributed by atoms with E-state index in [4.69, 9.17) is 9.47 Å². The summed E-state index contributed by atoms with van der Waals surface area (Å²) in [6.07, 6.45) is 39.2. The fourth-order valence-corrected chi connectivity index (χ4v) is 5.74. The van der Waals surface area contributed by atoms with E-state index in [1.165, 1.54) is 167 Å². The van der Waals surface area contributed by atoms with E-state index in [9.17, 15) is 9.59 Å². The Bertz CT molecular complexity index is 588. The average molecular weight is 639 g/mol. The Balaban J connectivity index is 0. The number of rotatable bonds is 33. The first-order chi connectivity index (χ1) is 21.9. The van der Waals surface area contributed by atoms with Crippen molar-refractivity contribution in [3.8, 4) is 0 Å².